The Morgan fingerprint density at radius 1 is 1.21 bits per heavy atom. The van der Waals surface area contributed by atoms with E-state index in [1.807, 2.05) is 13.0 Å². The molecule has 24 heavy (non-hydrogen) atoms. The van der Waals surface area contributed by atoms with Gasteiger partial charge in [-0.2, -0.15) is 0 Å². The molecule has 0 aliphatic rings. The van der Waals surface area contributed by atoms with Crippen LogP contribution in [0.4, 0.5) is 5.69 Å². The highest BCUT2D eigenvalue weighted by Gasteiger charge is 2.19. The van der Waals surface area contributed by atoms with Crippen LogP contribution in [0.25, 0.3) is 0 Å². The Morgan fingerprint density at radius 3 is 2.62 bits per heavy atom. The SMILES string of the molecule is CCONC(=O)c1cc(S(=O)(=O)Nc2cccc(C)c2)ccc1Cl. The molecule has 0 atom stereocenters. The summed E-state index contributed by atoms with van der Waals surface area (Å²) in [4.78, 5) is 16.7. The second-order valence-electron chi connectivity index (χ2n) is 4.98. The van der Waals surface area contributed by atoms with E-state index in [0.29, 0.717) is 5.69 Å². The number of anilines is 1. The first-order valence-corrected chi connectivity index (χ1v) is 9.01. The molecule has 0 aliphatic carbocycles. The van der Waals surface area contributed by atoms with Crippen LogP contribution in [0.1, 0.15) is 22.8 Å². The standard InChI is InChI=1S/C16H17ClN2O4S/c1-3-23-18-16(20)14-10-13(7-8-15(14)17)24(21,22)19-12-6-4-5-11(2)9-12/h4-10,19H,3H2,1-2H3,(H,18,20). The van der Waals surface area contributed by atoms with Crippen molar-refractivity contribution in [2.45, 2.75) is 18.7 Å². The van der Waals surface area contributed by atoms with Gasteiger partial charge in [-0.1, -0.05) is 23.7 Å². The highest BCUT2D eigenvalue weighted by atomic mass is 35.5. The largest absolute Gasteiger partial charge is 0.280 e. The lowest BCUT2D eigenvalue weighted by molar-refractivity contribution is 0.0364. The number of carbonyl (C=O) groups is 1. The molecule has 6 nitrogen and oxygen atoms in total. The minimum absolute atomic E-state index is 0.0113. The summed E-state index contributed by atoms with van der Waals surface area (Å²) in [5.74, 6) is -0.616. The number of hydrogen-bond donors (Lipinski definition) is 2. The van der Waals surface area contributed by atoms with E-state index in [1.54, 1.807) is 25.1 Å². The number of amides is 1. The third kappa shape index (κ3) is 4.47. The zero-order valence-corrected chi connectivity index (χ0v) is 14.7. The van der Waals surface area contributed by atoms with Gasteiger partial charge in [-0.3, -0.25) is 14.4 Å². The minimum atomic E-state index is -3.85. The van der Waals surface area contributed by atoms with Gasteiger partial charge < -0.3 is 0 Å². The van der Waals surface area contributed by atoms with Gasteiger partial charge in [-0.25, -0.2) is 13.9 Å². The van der Waals surface area contributed by atoms with Gasteiger partial charge in [0.05, 0.1) is 22.1 Å². The van der Waals surface area contributed by atoms with Crippen LogP contribution in [-0.4, -0.2) is 20.9 Å². The summed E-state index contributed by atoms with van der Waals surface area (Å²) in [5, 5.41) is 0.127. The lowest BCUT2D eigenvalue weighted by Gasteiger charge is -2.11. The maximum Gasteiger partial charge on any atom is 0.276 e. The van der Waals surface area contributed by atoms with Crippen LogP contribution in [0.5, 0.6) is 0 Å². The molecule has 128 valence electrons. The van der Waals surface area contributed by atoms with Crippen LogP contribution < -0.4 is 10.2 Å². The summed E-state index contributed by atoms with van der Waals surface area (Å²) in [5.41, 5.74) is 3.55. The van der Waals surface area contributed by atoms with Crippen LogP contribution in [-0.2, 0) is 14.9 Å². The van der Waals surface area contributed by atoms with E-state index in [2.05, 4.69) is 10.2 Å². The fourth-order valence-corrected chi connectivity index (χ4v) is 3.24. The van der Waals surface area contributed by atoms with Crippen molar-refractivity contribution >= 4 is 33.2 Å². The van der Waals surface area contributed by atoms with E-state index in [4.69, 9.17) is 16.4 Å². The third-order valence-electron chi connectivity index (χ3n) is 3.07. The van der Waals surface area contributed by atoms with Gasteiger partial charge in [-0.15, -0.1) is 0 Å². The maximum atomic E-state index is 12.5. The molecule has 0 fully saturated rings. The molecule has 0 saturated carbocycles. The second-order valence-corrected chi connectivity index (χ2v) is 7.07. The van der Waals surface area contributed by atoms with Crippen molar-refractivity contribution in [3.8, 4) is 0 Å². The Kier molecular flexibility index (Phi) is 5.82. The fourth-order valence-electron chi connectivity index (χ4n) is 1.96. The van der Waals surface area contributed by atoms with Crippen molar-refractivity contribution in [2.24, 2.45) is 0 Å². The topological polar surface area (TPSA) is 84.5 Å². The van der Waals surface area contributed by atoms with Crippen LogP contribution in [0, 0.1) is 6.92 Å². The Labute approximate surface area is 145 Å². The van der Waals surface area contributed by atoms with Gasteiger partial charge in [0.2, 0.25) is 0 Å². The van der Waals surface area contributed by atoms with Crippen molar-refractivity contribution in [1.82, 2.24) is 5.48 Å². The molecule has 0 aliphatic heterocycles. The molecular formula is C16H17ClN2O4S. The molecule has 1 amide bonds. The number of hydrogen-bond acceptors (Lipinski definition) is 4. The lowest BCUT2D eigenvalue weighted by Crippen LogP contribution is -2.24. The number of halogens is 1. The van der Waals surface area contributed by atoms with Crippen molar-refractivity contribution < 1.29 is 18.0 Å². The molecule has 0 unspecified atom stereocenters. The average molecular weight is 369 g/mol. The van der Waals surface area contributed by atoms with E-state index >= 15 is 0 Å². The highest BCUT2D eigenvalue weighted by molar-refractivity contribution is 7.92. The molecule has 0 saturated heterocycles. The van der Waals surface area contributed by atoms with Gasteiger partial charge in [0.15, 0.2) is 0 Å². The summed E-state index contributed by atoms with van der Waals surface area (Å²) in [7, 11) is -3.85. The fraction of sp³-hybridized carbons (Fsp3) is 0.188. The molecule has 2 rings (SSSR count). The Morgan fingerprint density at radius 2 is 1.96 bits per heavy atom. The molecule has 2 aromatic carbocycles. The zero-order valence-electron chi connectivity index (χ0n) is 13.2. The second kappa shape index (κ2) is 7.65. The summed E-state index contributed by atoms with van der Waals surface area (Å²) < 4.78 is 27.5. The smallest absolute Gasteiger partial charge is 0.276 e. The van der Waals surface area contributed by atoms with Crippen molar-refractivity contribution in [2.75, 3.05) is 11.3 Å². The van der Waals surface area contributed by atoms with Gasteiger partial charge >= 0.3 is 0 Å². The molecule has 8 heteroatoms. The van der Waals surface area contributed by atoms with E-state index in [-0.39, 0.29) is 22.1 Å². The molecule has 2 aromatic rings. The number of nitrogens with one attached hydrogen (secondary N) is 2. The number of hydroxylamine groups is 1. The quantitative estimate of drug-likeness (QED) is 0.767. The van der Waals surface area contributed by atoms with Crippen molar-refractivity contribution in [1.29, 1.82) is 0 Å². The summed E-state index contributed by atoms with van der Waals surface area (Å²) in [6, 6.07) is 10.8. The zero-order chi connectivity index (χ0) is 17.7. The van der Waals surface area contributed by atoms with Crippen LogP contribution >= 0.6 is 11.6 Å². The number of sulfonamides is 1. The molecule has 0 radical (unpaired) electrons. The Hall–Kier alpha value is -2.09. The Bertz CT molecular complexity index is 853. The summed E-state index contributed by atoms with van der Waals surface area (Å²) in [6.07, 6.45) is 0. The average Bonchev–Trinajstić information content (AvgIpc) is 2.52. The maximum absolute atomic E-state index is 12.5. The van der Waals surface area contributed by atoms with E-state index in [9.17, 15) is 13.2 Å². The van der Waals surface area contributed by atoms with Gasteiger partial charge in [0.1, 0.15) is 0 Å². The number of aryl methyl sites for hydroxylation is 1. The minimum Gasteiger partial charge on any atom is -0.280 e. The number of rotatable bonds is 6. The molecule has 0 aromatic heterocycles. The molecule has 0 spiro atoms. The van der Waals surface area contributed by atoms with Gasteiger partial charge in [0, 0.05) is 5.69 Å². The molecule has 0 heterocycles. The monoisotopic (exact) mass is 368 g/mol. The molecule has 2 N–H and O–H groups in total. The van der Waals surface area contributed by atoms with Crippen molar-refractivity contribution in [3.63, 3.8) is 0 Å². The van der Waals surface area contributed by atoms with E-state index in [1.165, 1.54) is 18.2 Å². The van der Waals surface area contributed by atoms with Gasteiger partial charge in [-0.05, 0) is 49.7 Å². The Balaban J connectivity index is 2.32. The van der Waals surface area contributed by atoms with Crippen LogP contribution in [0.15, 0.2) is 47.4 Å². The first-order valence-electron chi connectivity index (χ1n) is 7.14. The van der Waals surface area contributed by atoms with E-state index in [0.717, 1.165) is 5.56 Å². The lowest BCUT2D eigenvalue weighted by atomic mass is 10.2. The first-order chi connectivity index (χ1) is 11.3. The highest BCUT2D eigenvalue weighted by Crippen LogP contribution is 2.23. The van der Waals surface area contributed by atoms with Crippen molar-refractivity contribution in [3.05, 3.63) is 58.6 Å². The molecular weight excluding hydrogens is 352 g/mol. The van der Waals surface area contributed by atoms with Crippen LogP contribution in [0.2, 0.25) is 5.02 Å². The third-order valence-corrected chi connectivity index (χ3v) is 4.78. The number of carbonyl (C=O) groups excluding carboxylic acids is 1. The van der Waals surface area contributed by atoms with E-state index < -0.39 is 15.9 Å². The van der Waals surface area contributed by atoms with Crippen LogP contribution in [0.3, 0.4) is 0 Å². The predicted octanol–water partition coefficient (Wildman–Crippen LogP) is 3.13. The predicted molar refractivity (Wildman–Crippen MR) is 92.5 cm³/mol. The summed E-state index contributed by atoms with van der Waals surface area (Å²) >= 11 is 5.97. The summed E-state index contributed by atoms with van der Waals surface area (Å²) in [6.45, 7) is 3.83. The number of benzene rings is 2. The first kappa shape index (κ1) is 18.3. The normalized spacial score (nSPS) is 11.1. The molecule has 0 bridgehead atoms. The van der Waals surface area contributed by atoms with Gasteiger partial charge in [0.25, 0.3) is 15.9 Å².